The lowest BCUT2D eigenvalue weighted by Gasteiger charge is -2.00. The molecule has 0 saturated carbocycles. The summed E-state index contributed by atoms with van der Waals surface area (Å²) in [7, 11) is 0. The molecule has 0 aromatic heterocycles. The Morgan fingerprint density at radius 3 is 1.39 bits per heavy atom. The fraction of sp³-hybridized carbons (Fsp3) is 0. The maximum Gasteiger partial charge on any atom is 0.311 e. The summed E-state index contributed by atoms with van der Waals surface area (Å²) in [6.45, 7) is 0. The third-order valence-electron chi connectivity index (χ3n) is 2.89. The third-order valence-corrected chi connectivity index (χ3v) is 2.89. The van der Waals surface area contributed by atoms with E-state index in [-0.39, 0.29) is 11.4 Å². The van der Waals surface area contributed by atoms with Crippen LogP contribution >= 0.6 is 0 Å². The Morgan fingerprint density at radius 2 is 1.09 bits per heavy atom. The molecule has 0 radical (unpaired) electrons. The zero-order chi connectivity index (χ0) is 16.7. The van der Waals surface area contributed by atoms with Gasteiger partial charge in [0.25, 0.3) is 0 Å². The highest BCUT2D eigenvalue weighted by atomic mass is 16.6. The molecule has 2 aromatic carbocycles. The van der Waals surface area contributed by atoms with Crippen LogP contribution in [0.4, 0.5) is 0 Å². The van der Waals surface area contributed by atoms with Crippen LogP contribution in [0.25, 0.3) is 11.4 Å². The molecule has 0 spiro atoms. The average molecular weight is 312 g/mol. The summed E-state index contributed by atoms with van der Waals surface area (Å²) in [6, 6.07) is 16.2. The molecule has 23 heavy (non-hydrogen) atoms. The number of benzene rings is 2. The topological polar surface area (TPSA) is 95.5 Å². The average Bonchev–Trinajstić information content (AvgIpc) is 2.56. The van der Waals surface area contributed by atoms with Crippen LogP contribution in [-0.2, 0) is 4.74 Å². The van der Waals surface area contributed by atoms with Gasteiger partial charge >= 0.3 is 11.4 Å². The van der Waals surface area contributed by atoms with Gasteiger partial charge in [0.2, 0.25) is 0 Å². The predicted octanol–water partition coefficient (Wildman–Crippen LogP) is 3.55. The largest absolute Gasteiger partial charge is 0.458 e. The molecule has 0 saturated heterocycles. The molecule has 0 aliphatic heterocycles. The highest BCUT2D eigenvalue weighted by Gasteiger charge is 2.16. The van der Waals surface area contributed by atoms with Crippen molar-refractivity contribution in [2.45, 2.75) is 0 Å². The van der Waals surface area contributed by atoms with Crippen LogP contribution in [0.3, 0.4) is 0 Å². The van der Waals surface area contributed by atoms with Crippen LogP contribution in [0.1, 0.15) is 11.1 Å². The molecule has 2 rings (SSSR count). The minimum absolute atomic E-state index is 0.294. The van der Waals surface area contributed by atoms with Crippen molar-refractivity contribution in [3.63, 3.8) is 0 Å². The standard InChI is InChI=1S/C16H12N2O5/c19-17(20)15(13-7-3-1-4-8-13)11-23-12-16(18(21)22)14-9-5-2-6-10-14/h1-12H. The summed E-state index contributed by atoms with van der Waals surface area (Å²) >= 11 is 0. The molecule has 0 amide bonds. The van der Waals surface area contributed by atoms with Crippen LogP contribution in [0.15, 0.2) is 73.2 Å². The molecule has 0 heterocycles. The number of nitrogens with zero attached hydrogens (tertiary/aromatic N) is 2. The van der Waals surface area contributed by atoms with Crippen molar-refractivity contribution in [2.75, 3.05) is 0 Å². The summed E-state index contributed by atoms with van der Waals surface area (Å²) in [5.74, 6) is 0. The minimum atomic E-state index is -0.614. The van der Waals surface area contributed by atoms with E-state index in [1.165, 1.54) is 0 Å². The zero-order valence-electron chi connectivity index (χ0n) is 11.9. The van der Waals surface area contributed by atoms with Crippen molar-refractivity contribution in [2.24, 2.45) is 0 Å². The van der Waals surface area contributed by atoms with Gasteiger partial charge in [-0.15, -0.1) is 0 Å². The number of hydrogen-bond acceptors (Lipinski definition) is 5. The fourth-order valence-corrected chi connectivity index (χ4v) is 1.81. The van der Waals surface area contributed by atoms with Gasteiger partial charge in [-0.25, -0.2) is 0 Å². The van der Waals surface area contributed by atoms with Crippen LogP contribution in [0.2, 0.25) is 0 Å². The smallest absolute Gasteiger partial charge is 0.311 e. The van der Waals surface area contributed by atoms with E-state index in [1.54, 1.807) is 60.7 Å². The van der Waals surface area contributed by atoms with Crippen molar-refractivity contribution >= 4 is 11.4 Å². The Labute approximate surface area is 131 Å². The van der Waals surface area contributed by atoms with E-state index in [1.807, 2.05) is 0 Å². The lowest BCUT2D eigenvalue weighted by molar-refractivity contribution is -0.378. The lowest BCUT2D eigenvalue weighted by Crippen LogP contribution is -2.00. The van der Waals surface area contributed by atoms with E-state index < -0.39 is 9.85 Å². The Morgan fingerprint density at radius 1 is 0.739 bits per heavy atom. The van der Waals surface area contributed by atoms with E-state index in [0.29, 0.717) is 11.1 Å². The Hall–Kier alpha value is -3.48. The molecule has 116 valence electrons. The Kier molecular flexibility index (Phi) is 5.19. The summed E-state index contributed by atoms with van der Waals surface area (Å²) in [4.78, 5) is 20.9. The molecule has 0 unspecified atom stereocenters. The van der Waals surface area contributed by atoms with Crippen molar-refractivity contribution in [3.8, 4) is 0 Å². The van der Waals surface area contributed by atoms with Gasteiger partial charge in [-0.1, -0.05) is 36.4 Å². The second-order valence-electron chi connectivity index (χ2n) is 4.39. The Balaban J connectivity index is 2.28. The monoisotopic (exact) mass is 312 g/mol. The summed E-state index contributed by atoms with van der Waals surface area (Å²) < 4.78 is 4.98. The van der Waals surface area contributed by atoms with E-state index >= 15 is 0 Å². The van der Waals surface area contributed by atoms with Gasteiger partial charge in [-0.05, 0) is 24.3 Å². The second kappa shape index (κ2) is 7.51. The molecular formula is C16H12N2O5. The molecule has 7 nitrogen and oxygen atoms in total. The van der Waals surface area contributed by atoms with Gasteiger partial charge in [-0.2, -0.15) is 0 Å². The van der Waals surface area contributed by atoms with Crippen LogP contribution in [-0.4, -0.2) is 9.85 Å². The van der Waals surface area contributed by atoms with Gasteiger partial charge in [0.05, 0.1) is 21.0 Å². The molecular weight excluding hydrogens is 300 g/mol. The molecule has 2 aromatic rings. The molecule has 0 atom stereocenters. The maximum absolute atomic E-state index is 11.1. The van der Waals surface area contributed by atoms with Gasteiger partial charge in [0.15, 0.2) is 12.5 Å². The van der Waals surface area contributed by atoms with Crippen LogP contribution in [0, 0.1) is 20.2 Å². The van der Waals surface area contributed by atoms with E-state index in [2.05, 4.69) is 0 Å². The van der Waals surface area contributed by atoms with Gasteiger partial charge in [0.1, 0.15) is 0 Å². The molecule has 0 N–H and O–H groups in total. The van der Waals surface area contributed by atoms with Gasteiger partial charge < -0.3 is 4.74 Å². The SMILES string of the molecule is O=[N+]([O-])C(=COC=C(c1ccccc1)[N+](=O)[O-])c1ccccc1. The maximum atomic E-state index is 11.1. The molecule has 0 fully saturated rings. The van der Waals surface area contributed by atoms with Crippen molar-refractivity contribution in [1.82, 2.24) is 0 Å². The summed E-state index contributed by atoms with van der Waals surface area (Å²) in [5.41, 5.74) is 0.0942. The molecule has 0 bridgehead atoms. The molecule has 0 aliphatic carbocycles. The fourth-order valence-electron chi connectivity index (χ4n) is 1.81. The number of rotatable bonds is 6. The first-order valence-electron chi connectivity index (χ1n) is 6.55. The van der Waals surface area contributed by atoms with Crippen molar-refractivity contribution in [3.05, 3.63) is 105 Å². The van der Waals surface area contributed by atoms with Gasteiger partial charge in [-0.3, -0.25) is 20.2 Å². The number of nitro groups is 2. The van der Waals surface area contributed by atoms with Crippen LogP contribution < -0.4 is 0 Å². The highest BCUT2D eigenvalue weighted by molar-refractivity contribution is 5.59. The first-order valence-corrected chi connectivity index (χ1v) is 6.55. The van der Waals surface area contributed by atoms with Crippen molar-refractivity contribution < 1.29 is 14.6 Å². The van der Waals surface area contributed by atoms with E-state index in [9.17, 15) is 20.2 Å². The third kappa shape index (κ3) is 4.24. The second-order valence-corrected chi connectivity index (χ2v) is 4.39. The minimum Gasteiger partial charge on any atom is -0.458 e. The van der Waals surface area contributed by atoms with E-state index in [4.69, 9.17) is 4.74 Å². The summed E-state index contributed by atoms with van der Waals surface area (Å²) in [6.07, 6.45) is 1.75. The summed E-state index contributed by atoms with van der Waals surface area (Å²) in [5, 5.41) is 22.2. The highest BCUT2D eigenvalue weighted by Crippen LogP contribution is 2.17. The first kappa shape index (κ1) is 15.9. The molecule has 7 heteroatoms. The van der Waals surface area contributed by atoms with Gasteiger partial charge in [0, 0.05) is 0 Å². The Bertz CT molecular complexity index is 689. The first-order chi connectivity index (χ1) is 11.1. The quantitative estimate of drug-likeness (QED) is 0.461. The number of ether oxygens (including phenoxy) is 1. The lowest BCUT2D eigenvalue weighted by atomic mass is 10.2. The van der Waals surface area contributed by atoms with Crippen LogP contribution in [0.5, 0.6) is 0 Å². The predicted molar refractivity (Wildman–Crippen MR) is 83.9 cm³/mol. The zero-order valence-corrected chi connectivity index (χ0v) is 11.9. The van der Waals surface area contributed by atoms with Crippen molar-refractivity contribution in [1.29, 1.82) is 0 Å². The molecule has 0 aliphatic rings. The van der Waals surface area contributed by atoms with E-state index in [0.717, 1.165) is 12.5 Å². The normalized spacial score (nSPS) is 11.8. The number of hydrogen-bond donors (Lipinski definition) is 0.